The van der Waals surface area contributed by atoms with Crippen molar-refractivity contribution in [3.05, 3.63) is 30.2 Å². The Morgan fingerprint density at radius 2 is 2.13 bits per heavy atom. The van der Waals surface area contributed by atoms with E-state index in [1.807, 2.05) is 32.0 Å². The van der Waals surface area contributed by atoms with Gasteiger partial charge in [-0.15, -0.1) is 0 Å². The number of oxazole rings is 1. The number of amides is 1. The van der Waals surface area contributed by atoms with Gasteiger partial charge in [0.15, 0.2) is 5.58 Å². The molecule has 0 unspecified atom stereocenters. The molecule has 1 aromatic heterocycles. The van der Waals surface area contributed by atoms with Crippen molar-refractivity contribution in [3.8, 4) is 0 Å². The van der Waals surface area contributed by atoms with Gasteiger partial charge in [-0.3, -0.25) is 4.79 Å². The number of carbonyl (C=O) groups excluding carboxylic acids is 1. The molecule has 0 atom stereocenters. The van der Waals surface area contributed by atoms with Gasteiger partial charge in [-0.05, 0) is 26.0 Å². The van der Waals surface area contributed by atoms with E-state index in [1.165, 1.54) is 0 Å². The van der Waals surface area contributed by atoms with Crippen LogP contribution in [0.4, 0.5) is 0 Å². The summed E-state index contributed by atoms with van der Waals surface area (Å²) in [7, 11) is 0. The van der Waals surface area contributed by atoms with Gasteiger partial charge in [0, 0.05) is 6.04 Å². The van der Waals surface area contributed by atoms with E-state index in [9.17, 15) is 4.79 Å². The van der Waals surface area contributed by atoms with E-state index in [-0.39, 0.29) is 17.8 Å². The minimum atomic E-state index is -0.277. The monoisotopic (exact) mass is 204 g/mol. The van der Waals surface area contributed by atoms with Gasteiger partial charge in [0.25, 0.3) is 5.89 Å². The van der Waals surface area contributed by atoms with Gasteiger partial charge in [0.05, 0.1) is 0 Å². The van der Waals surface area contributed by atoms with Crippen LogP contribution in [-0.2, 0) is 0 Å². The van der Waals surface area contributed by atoms with Crippen LogP contribution in [0.25, 0.3) is 11.1 Å². The largest absolute Gasteiger partial charge is 0.432 e. The highest BCUT2D eigenvalue weighted by Gasteiger charge is 2.14. The third kappa shape index (κ3) is 1.98. The Bertz CT molecular complexity index is 455. The van der Waals surface area contributed by atoms with Crippen LogP contribution >= 0.6 is 0 Å². The molecule has 2 aromatic rings. The van der Waals surface area contributed by atoms with E-state index in [2.05, 4.69) is 10.3 Å². The Morgan fingerprint density at radius 3 is 2.80 bits per heavy atom. The van der Waals surface area contributed by atoms with Gasteiger partial charge < -0.3 is 9.73 Å². The molecule has 0 spiro atoms. The summed E-state index contributed by atoms with van der Waals surface area (Å²) in [6.45, 7) is 3.78. The lowest BCUT2D eigenvalue weighted by molar-refractivity contribution is 0.0910. The summed E-state index contributed by atoms with van der Waals surface area (Å²) in [5, 5.41) is 2.72. The van der Waals surface area contributed by atoms with Crippen molar-refractivity contribution < 1.29 is 9.21 Å². The van der Waals surface area contributed by atoms with Gasteiger partial charge in [-0.25, -0.2) is 4.98 Å². The number of para-hydroxylation sites is 2. The van der Waals surface area contributed by atoms with Crippen LogP contribution in [0, 0.1) is 0 Å². The molecule has 0 bridgehead atoms. The molecular weight excluding hydrogens is 192 g/mol. The van der Waals surface area contributed by atoms with E-state index >= 15 is 0 Å². The highest BCUT2D eigenvalue weighted by atomic mass is 16.4. The van der Waals surface area contributed by atoms with Crippen molar-refractivity contribution in [1.82, 2.24) is 10.3 Å². The van der Waals surface area contributed by atoms with Crippen molar-refractivity contribution in [2.45, 2.75) is 19.9 Å². The lowest BCUT2D eigenvalue weighted by atomic mass is 10.3. The third-order valence-corrected chi connectivity index (χ3v) is 1.91. The molecule has 0 saturated heterocycles. The molecule has 1 N–H and O–H groups in total. The quantitative estimate of drug-likeness (QED) is 0.813. The molecule has 0 saturated carbocycles. The van der Waals surface area contributed by atoms with Crippen LogP contribution in [0.15, 0.2) is 28.7 Å². The van der Waals surface area contributed by atoms with E-state index in [0.717, 1.165) is 0 Å². The summed E-state index contributed by atoms with van der Waals surface area (Å²) >= 11 is 0. The van der Waals surface area contributed by atoms with Gasteiger partial charge >= 0.3 is 5.91 Å². The van der Waals surface area contributed by atoms with E-state index in [4.69, 9.17) is 4.42 Å². The summed E-state index contributed by atoms with van der Waals surface area (Å²) in [6.07, 6.45) is 0. The fourth-order valence-electron chi connectivity index (χ4n) is 1.29. The molecule has 1 aromatic carbocycles. The van der Waals surface area contributed by atoms with Crippen LogP contribution in [0.1, 0.15) is 24.5 Å². The number of nitrogens with zero attached hydrogens (tertiary/aromatic N) is 1. The Balaban J connectivity index is 2.32. The van der Waals surface area contributed by atoms with Crippen molar-refractivity contribution in [1.29, 1.82) is 0 Å². The lowest BCUT2D eigenvalue weighted by Crippen LogP contribution is -2.30. The second-order valence-electron chi connectivity index (χ2n) is 3.61. The highest BCUT2D eigenvalue weighted by Crippen LogP contribution is 2.14. The molecule has 1 amide bonds. The van der Waals surface area contributed by atoms with Crippen LogP contribution in [0.2, 0.25) is 0 Å². The minimum absolute atomic E-state index is 0.0764. The SMILES string of the molecule is CC(C)NC(=O)c1nc2ccccc2o1. The van der Waals surface area contributed by atoms with Crippen LogP contribution < -0.4 is 5.32 Å². The molecule has 0 radical (unpaired) electrons. The topological polar surface area (TPSA) is 55.1 Å². The van der Waals surface area contributed by atoms with Crippen molar-refractivity contribution in [2.24, 2.45) is 0 Å². The van der Waals surface area contributed by atoms with Gasteiger partial charge in [-0.2, -0.15) is 0 Å². The maximum atomic E-state index is 11.6. The van der Waals surface area contributed by atoms with Crippen molar-refractivity contribution in [3.63, 3.8) is 0 Å². The average Bonchev–Trinajstić information content (AvgIpc) is 2.59. The first-order valence-electron chi connectivity index (χ1n) is 4.83. The smallest absolute Gasteiger partial charge is 0.307 e. The predicted molar refractivity (Wildman–Crippen MR) is 56.6 cm³/mol. The Kier molecular flexibility index (Phi) is 2.41. The summed E-state index contributed by atoms with van der Waals surface area (Å²) in [6, 6.07) is 7.37. The zero-order chi connectivity index (χ0) is 10.8. The molecule has 0 aliphatic heterocycles. The number of fused-ring (bicyclic) bond motifs is 1. The predicted octanol–water partition coefficient (Wildman–Crippen LogP) is 1.97. The van der Waals surface area contributed by atoms with E-state index < -0.39 is 0 Å². The number of hydrogen-bond donors (Lipinski definition) is 1. The zero-order valence-corrected chi connectivity index (χ0v) is 8.65. The molecule has 15 heavy (non-hydrogen) atoms. The van der Waals surface area contributed by atoms with Gasteiger partial charge in [-0.1, -0.05) is 12.1 Å². The van der Waals surface area contributed by atoms with Crippen molar-refractivity contribution in [2.75, 3.05) is 0 Å². The van der Waals surface area contributed by atoms with E-state index in [1.54, 1.807) is 6.07 Å². The molecule has 4 heteroatoms. The fraction of sp³-hybridized carbons (Fsp3) is 0.273. The molecule has 78 valence electrons. The van der Waals surface area contributed by atoms with Crippen LogP contribution in [0.3, 0.4) is 0 Å². The summed E-state index contributed by atoms with van der Waals surface area (Å²) < 4.78 is 5.31. The first-order valence-corrected chi connectivity index (χ1v) is 4.83. The lowest BCUT2D eigenvalue weighted by Gasteiger charge is -2.03. The number of carbonyl (C=O) groups is 1. The summed E-state index contributed by atoms with van der Waals surface area (Å²) in [4.78, 5) is 15.6. The number of benzene rings is 1. The molecule has 0 fully saturated rings. The summed E-state index contributed by atoms with van der Waals surface area (Å²) in [5.41, 5.74) is 1.33. The zero-order valence-electron chi connectivity index (χ0n) is 8.65. The first-order chi connectivity index (χ1) is 7.16. The second kappa shape index (κ2) is 3.73. The molecule has 0 aliphatic rings. The average molecular weight is 204 g/mol. The van der Waals surface area contributed by atoms with Crippen LogP contribution in [-0.4, -0.2) is 16.9 Å². The minimum Gasteiger partial charge on any atom is -0.432 e. The van der Waals surface area contributed by atoms with Crippen molar-refractivity contribution >= 4 is 17.0 Å². The molecule has 4 nitrogen and oxygen atoms in total. The van der Waals surface area contributed by atoms with E-state index in [0.29, 0.717) is 11.1 Å². The number of aromatic nitrogens is 1. The third-order valence-electron chi connectivity index (χ3n) is 1.91. The number of nitrogens with one attached hydrogen (secondary N) is 1. The normalized spacial score (nSPS) is 10.9. The molecule has 1 heterocycles. The molecule has 2 rings (SSSR count). The van der Waals surface area contributed by atoms with Crippen LogP contribution in [0.5, 0.6) is 0 Å². The second-order valence-corrected chi connectivity index (χ2v) is 3.61. The fourth-order valence-corrected chi connectivity index (χ4v) is 1.29. The summed E-state index contributed by atoms with van der Waals surface area (Å²) in [5.74, 6) is -0.161. The maximum Gasteiger partial charge on any atom is 0.307 e. The van der Waals surface area contributed by atoms with Gasteiger partial charge in [0.2, 0.25) is 0 Å². The number of hydrogen-bond acceptors (Lipinski definition) is 3. The molecular formula is C11H12N2O2. The standard InChI is InChI=1S/C11H12N2O2/c1-7(2)12-10(14)11-13-8-5-3-4-6-9(8)15-11/h3-7H,1-2H3,(H,12,14). The highest BCUT2D eigenvalue weighted by molar-refractivity contribution is 5.92. The maximum absolute atomic E-state index is 11.6. The molecule has 0 aliphatic carbocycles. The Hall–Kier alpha value is -1.84. The Labute approximate surface area is 87.3 Å². The number of rotatable bonds is 2. The Morgan fingerprint density at radius 1 is 1.40 bits per heavy atom. The van der Waals surface area contributed by atoms with Gasteiger partial charge in [0.1, 0.15) is 5.52 Å². The first kappa shape index (κ1) is 9.71.